The monoisotopic (exact) mass is 291 g/mol. The Bertz CT molecular complexity index is 467. The topological polar surface area (TPSA) is 49.8 Å². The van der Waals surface area contributed by atoms with Gasteiger partial charge in [0.2, 0.25) is 0 Å². The van der Waals surface area contributed by atoms with Crippen molar-refractivity contribution in [3.8, 4) is 5.75 Å². The Morgan fingerprint density at radius 2 is 2.05 bits per heavy atom. The fraction of sp³-hybridized carbons (Fsp3) is 0.588. The van der Waals surface area contributed by atoms with Crippen molar-refractivity contribution in [1.29, 1.82) is 0 Å². The Morgan fingerprint density at radius 3 is 2.71 bits per heavy atom. The summed E-state index contributed by atoms with van der Waals surface area (Å²) in [6.45, 7) is 7.41. The quantitative estimate of drug-likeness (QED) is 0.819. The van der Waals surface area contributed by atoms with E-state index in [1.54, 1.807) is 0 Å². The predicted octanol–water partition coefficient (Wildman–Crippen LogP) is 2.87. The summed E-state index contributed by atoms with van der Waals surface area (Å²) in [5.74, 6) is 0.0693. The van der Waals surface area contributed by atoms with E-state index in [-0.39, 0.29) is 5.92 Å². The number of piperidine rings is 1. The van der Waals surface area contributed by atoms with Gasteiger partial charge >= 0.3 is 5.97 Å². The van der Waals surface area contributed by atoms with Gasteiger partial charge in [0.25, 0.3) is 0 Å². The third kappa shape index (κ3) is 5.05. The first-order valence-corrected chi connectivity index (χ1v) is 7.71. The number of carboxylic acid groups (broad SMARTS) is 1. The van der Waals surface area contributed by atoms with Crippen LogP contribution in [-0.2, 0) is 4.79 Å². The van der Waals surface area contributed by atoms with Crippen LogP contribution in [0.1, 0.15) is 30.4 Å². The molecule has 1 aromatic carbocycles. The molecule has 116 valence electrons. The number of likely N-dealkylation sites (tertiary alicyclic amines) is 1. The van der Waals surface area contributed by atoms with Gasteiger partial charge in [0.05, 0.1) is 12.5 Å². The lowest BCUT2D eigenvalue weighted by molar-refractivity contribution is -0.143. The third-order valence-corrected chi connectivity index (χ3v) is 3.94. The molecule has 0 radical (unpaired) electrons. The lowest BCUT2D eigenvalue weighted by Crippen LogP contribution is -2.39. The van der Waals surface area contributed by atoms with E-state index in [9.17, 15) is 4.79 Å². The zero-order chi connectivity index (χ0) is 15.2. The molecule has 1 saturated heterocycles. The van der Waals surface area contributed by atoms with Crippen LogP contribution in [-0.4, -0.2) is 42.2 Å². The second-order valence-electron chi connectivity index (χ2n) is 6.00. The second kappa shape index (κ2) is 7.46. The van der Waals surface area contributed by atoms with Gasteiger partial charge in [-0.1, -0.05) is 6.07 Å². The summed E-state index contributed by atoms with van der Waals surface area (Å²) in [6.07, 6.45) is 2.72. The Labute approximate surface area is 126 Å². The fourth-order valence-electron chi connectivity index (χ4n) is 2.95. The second-order valence-corrected chi connectivity index (χ2v) is 6.00. The summed E-state index contributed by atoms with van der Waals surface area (Å²) in [5, 5.41) is 9.08. The lowest BCUT2D eigenvalue weighted by atomic mass is 9.98. The maximum atomic E-state index is 11.0. The summed E-state index contributed by atoms with van der Waals surface area (Å²) in [6, 6.07) is 6.23. The predicted molar refractivity (Wildman–Crippen MR) is 82.8 cm³/mol. The van der Waals surface area contributed by atoms with E-state index in [0.29, 0.717) is 13.2 Å². The summed E-state index contributed by atoms with van der Waals surface area (Å²) < 4.78 is 5.79. The average Bonchev–Trinajstić information content (AvgIpc) is 2.43. The number of hydrogen-bond donors (Lipinski definition) is 1. The molecule has 0 spiro atoms. The van der Waals surface area contributed by atoms with Gasteiger partial charge in [0, 0.05) is 13.1 Å². The minimum atomic E-state index is -0.661. The molecule has 2 rings (SSSR count). The molecule has 0 aliphatic carbocycles. The van der Waals surface area contributed by atoms with E-state index in [2.05, 4.69) is 24.8 Å². The minimum absolute atomic E-state index is 0.195. The van der Waals surface area contributed by atoms with Crippen molar-refractivity contribution in [2.24, 2.45) is 5.92 Å². The van der Waals surface area contributed by atoms with E-state index in [0.717, 1.165) is 38.1 Å². The first-order valence-electron chi connectivity index (χ1n) is 7.71. The molecule has 0 saturated carbocycles. The standard InChI is InChI=1S/C17H25NO3/c1-13-9-14(2)11-16(10-13)21-8-4-7-18-6-3-5-15(12-18)17(19)20/h9-11,15H,3-8,12H2,1-2H3,(H,19,20). The summed E-state index contributed by atoms with van der Waals surface area (Å²) in [4.78, 5) is 13.3. The number of aryl methyl sites for hydroxylation is 2. The van der Waals surface area contributed by atoms with Crippen molar-refractivity contribution in [2.75, 3.05) is 26.2 Å². The van der Waals surface area contributed by atoms with Crippen molar-refractivity contribution >= 4 is 5.97 Å². The van der Waals surface area contributed by atoms with Crippen LogP contribution in [0, 0.1) is 19.8 Å². The number of aliphatic carboxylic acids is 1. The molecule has 4 nitrogen and oxygen atoms in total. The zero-order valence-electron chi connectivity index (χ0n) is 13.0. The molecule has 1 N–H and O–H groups in total. The number of ether oxygens (including phenoxy) is 1. The van der Waals surface area contributed by atoms with E-state index in [1.165, 1.54) is 11.1 Å². The average molecular weight is 291 g/mol. The molecule has 1 atom stereocenters. The van der Waals surface area contributed by atoms with Gasteiger partial charge in [-0.2, -0.15) is 0 Å². The van der Waals surface area contributed by atoms with Gasteiger partial charge in [0.1, 0.15) is 5.75 Å². The highest BCUT2D eigenvalue weighted by Gasteiger charge is 2.24. The van der Waals surface area contributed by atoms with Crippen LogP contribution in [0.4, 0.5) is 0 Å². The van der Waals surface area contributed by atoms with Crippen LogP contribution in [0.2, 0.25) is 0 Å². The maximum Gasteiger partial charge on any atom is 0.307 e. The van der Waals surface area contributed by atoms with E-state index >= 15 is 0 Å². The van der Waals surface area contributed by atoms with E-state index < -0.39 is 5.97 Å². The number of carbonyl (C=O) groups is 1. The maximum absolute atomic E-state index is 11.0. The number of hydrogen-bond acceptors (Lipinski definition) is 3. The van der Waals surface area contributed by atoms with E-state index in [4.69, 9.17) is 9.84 Å². The minimum Gasteiger partial charge on any atom is -0.494 e. The van der Waals surface area contributed by atoms with Crippen molar-refractivity contribution in [2.45, 2.75) is 33.1 Å². The van der Waals surface area contributed by atoms with Crippen LogP contribution in [0.5, 0.6) is 5.75 Å². The molecular weight excluding hydrogens is 266 g/mol. The molecule has 1 aliphatic heterocycles. The highest BCUT2D eigenvalue weighted by Crippen LogP contribution is 2.18. The van der Waals surface area contributed by atoms with Crippen molar-refractivity contribution in [3.05, 3.63) is 29.3 Å². The number of rotatable bonds is 6. The normalized spacial score (nSPS) is 19.4. The van der Waals surface area contributed by atoms with Gasteiger partial charge in [0.15, 0.2) is 0 Å². The van der Waals surface area contributed by atoms with Crippen LogP contribution >= 0.6 is 0 Å². The molecular formula is C17H25NO3. The first kappa shape index (κ1) is 15.8. The highest BCUT2D eigenvalue weighted by molar-refractivity contribution is 5.70. The van der Waals surface area contributed by atoms with Gasteiger partial charge in [-0.05, 0) is 62.9 Å². The Kier molecular flexibility index (Phi) is 5.62. The van der Waals surface area contributed by atoms with Crippen molar-refractivity contribution in [1.82, 2.24) is 4.90 Å². The summed E-state index contributed by atoms with van der Waals surface area (Å²) in [7, 11) is 0. The Hall–Kier alpha value is -1.55. The van der Waals surface area contributed by atoms with Gasteiger partial charge in [-0.3, -0.25) is 4.79 Å². The van der Waals surface area contributed by atoms with Crippen molar-refractivity contribution < 1.29 is 14.6 Å². The zero-order valence-corrected chi connectivity index (χ0v) is 13.0. The molecule has 0 bridgehead atoms. The van der Waals surface area contributed by atoms with Crippen LogP contribution in [0.15, 0.2) is 18.2 Å². The molecule has 1 heterocycles. The molecule has 4 heteroatoms. The SMILES string of the molecule is Cc1cc(C)cc(OCCCN2CCCC(C(=O)O)C2)c1. The Morgan fingerprint density at radius 1 is 1.33 bits per heavy atom. The summed E-state index contributed by atoms with van der Waals surface area (Å²) in [5.41, 5.74) is 2.43. The largest absolute Gasteiger partial charge is 0.494 e. The number of carboxylic acids is 1. The van der Waals surface area contributed by atoms with Crippen LogP contribution < -0.4 is 4.74 Å². The molecule has 1 unspecified atom stereocenters. The molecule has 0 amide bonds. The van der Waals surface area contributed by atoms with Gasteiger partial charge < -0.3 is 14.7 Å². The fourth-order valence-corrected chi connectivity index (χ4v) is 2.95. The Balaban J connectivity index is 1.70. The first-order chi connectivity index (χ1) is 10.0. The molecule has 1 fully saturated rings. The smallest absolute Gasteiger partial charge is 0.307 e. The van der Waals surface area contributed by atoms with Crippen LogP contribution in [0.3, 0.4) is 0 Å². The lowest BCUT2D eigenvalue weighted by Gasteiger charge is -2.30. The van der Waals surface area contributed by atoms with Crippen LogP contribution in [0.25, 0.3) is 0 Å². The highest BCUT2D eigenvalue weighted by atomic mass is 16.5. The van der Waals surface area contributed by atoms with Gasteiger partial charge in [-0.15, -0.1) is 0 Å². The summed E-state index contributed by atoms with van der Waals surface area (Å²) >= 11 is 0. The number of nitrogens with zero attached hydrogens (tertiary/aromatic N) is 1. The van der Waals surface area contributed by atoms with E-state index in [1.807, 2.05) is 12.1 Å². The molecule has 21 heavy (non-hydrogen) atoms. The molecule has 1 aromatic rings. The number of benzene rings is 1. The molecule has 0 aromatic heterocycles. The third-order valence-electron chi connectivity index (χ3n) is 3.94. The van der Waals surface area contributed by atoms with Crippen molar-refractivity contribution in [3.63, 3.8) is 0 Å². The van der Waals surface area contributed by atoms with Gasteiger partial charge in [-0.25, -0.2) is 0 Å². The molecule has 1 aliphatic rings.